The van der Waals surface area contributed by atoms with E-state index in [2.05, 4.69) is 18.0 Å². The predicted molar refractivity (Wildman–Crippen MR) is 104 cm³/mol. The lowest BCUT2D eigenvalue weighted by Gasteiger charge is -2.18. The van der Waals surface area contributed by atoms with E-state index in [4.69, 9.17) is 21.2 Å². The van der Waals surface area contributed by atoms with Crippen molar-refractivity contribution in [2.45, 2.75) is 13.8 Å². The van der Waals surface area contributed by atoms with Crippen molar-refractivity contribution >= 4 is 41.7 Å². The Morgan fingerprint density at radius 1 is 1.24 bits per heavy atom. The number of methoxy groups -OCH3 is 1. The monoisotopic (exact) mass is 378 g/mol. The summed E-state index contributed by atoms with van der Waals surface area (Å²) in [7, 11) is 1.45. The van der Waals surface area contributed by atoms with Gasteiger partial charge >= 0.3 is 0 Å². The zero-order valence-corrected chi connectivity index (χ0v) is 15.8. The molecule has 0 aliphatic carbocycles. The Bertz CT molecular complexity index is 778. The zero-order chi connectivity index (χ0) is 18.4. The molecule has 25 heavy (non-hydrogen) atoms. The highest BCUT2D eigenvalue weighted by atomic mass is 35.5. The molecule has 0 aromatic heterocycles. The van der Waals surface area contributed by atoms with Crippen molar-refractivity contribution in [1.82, 2.24) is 0 Å². The van der Waals surface area contributed by atoms with Crippen molar-refractivity contribution in [2.75, 3.05) is 18.0 Å². The number of aryl methyl sites for hydroxylation is 1. The molecule has 0 bridgehead atoms. The first-order valence-electron chi connectivity index (χ1n) is 7.52. The summed E-state index contributed by atoms with van der Waals surface area (Å²) in [5.41, 5.74) is 2.89. The molecule has 132 valence electrons. The van der Waals surface area contributed by atoms with Gasteiger partial charge in [-0.15, -0.1) is 0 Å². The third-order valence-corrected chi connectivity index (χ3v) is 4.15. The number of hydrogen-bond acceptors (Lipinski definition) is 5. The largest absolute Gasteiger partial charge is 0.375 e. The summed E-state index contributed by atoms with van der Waals surface area (Å²) in [6, 6.07) is 12.7. The number of para-hydroxylation sites is 1. The molecule has 0 saturated heterocycles. The Kier molecular flexibility index (Phi) is 6.87. The predicted octanol–water partition coefficient (Wildman–Crippen LogP) is 4.28. The first-order valence-corrected chi connectivity index (χ1v) is 8.29. The molecule has 2 rings (SSSR count). The molecular formula is C18H19ClN2O3S. The van der Waals surface area contributed by atoms with Gasteiger partial charge in [-0.05, 0) is 43.2 Å². The SMILES string of the molecule is COCC(=O)N(S)c1cccc(C)c1O/N=C(\C)c1ccc(Cl)cc1. The van der Waals surface area contributed by atoms with Crippen molar-refractivity contribution in [2.24, 2.45) is 5.16 Å². The van der Waals surface area contributed by atoms with E-state index in [0.29, 0.717) is 22.2 Å². The topological polar surface area (TPSA) is 51.1 Å². The third-order valence-electron chi connectivity index (χ3n) is 3.46. The van der Waals surface area contributed by atoms with E-state index in [1.54, 1.807) is 18.2 Å². The van der Waals surface area contributed by atoms with E-state index in [0.717, 1.165) is 11.1 Å². The lowest BCUT2D eigenvalue weighted by Crippen LogP contribution is -2.25. The van der Waals surface area contributed by atoms with Gasteiger partial charge in [0.1, 0.15) is 12.3 Å². The number of rotatable bonds is 6. The van der Waals surface area contributed by atoms with Gasteiger partial charge in [-0.25, -0.2) is 0 Å². The highest BCUT2D eigenvalue weighted by Gasteiger charge is 2.18. The highest BCUT2D eigenvalue weighted by Crippen LogP contribution is 2.33. The van der Waals surface area contributed by atoms with E-state index in [9.17, 15) is 4.79 Å². The number of hydrogen-bond donors (Lipinski definition) is 1. The van der Waals surface area contributed by atoms with Gasteiger partial charge < -0.3 is 9.57 Å². The van der Waals surface area contributed by atoms with Crippen LogP contribution in [0, 0.1) is 6.92 Å². The molecule has 0 radical (unpaired) electrons. The van der Waals surface area contributed by atoms with Crippen LogP contribution in [0.15, 0.2) is 47.6 Å². The van der Waals surface area contributed by atoms with E-state index in [-0.39, 0.29) is 12.5 Å². The Hall–Kier alpha value is -2.02. The van der Waals surface area contributed by atoms with Crippen LogP contribution >= 0.6 is 24.4 Å². The maximum absolute atomic E-state index is 12.0. The molecule has 0 saturated carbocycles. The highest BCUT2D eigenvalue weighted by molar-refractivity contribution is 7.82. The average Bonchev–Trinajstić information content (AvgIpc) is 2.60. The first-order chi connectivity index (χ1) is 11.9. The number of thiol groups is 1. The summed E-state index contributed by atoms with van der Waals surface area (Å²) in [5.74, 6) is 0.148. The molecule has 0 aliphatic heterocycles. The Labute approximate surface area is 157 Å². The number of ether oxygens (including phenoxy) is 1. The Morgan fingerprint density at radius 2 is 1.92 bits per heavy atom. The summed E-state index contributed by atoms with van der Waals surface area (Å²) in [5, 5.41) is 4.83. The molecule has 0 fully saturated rings. The molecule has 7 heteroatoms. The number of oxime groups is 1. The number of amides is 1. The summed E-state index contributed by atoms with van der Waals surface area (Å²) in [6.07, 6.45) is 0. The van der Waals surface area contributed by atoms with Crippen molar-refractivity contribution in [3.05, 3.63) is 58.6 Å². The number of benzene rings is 2. The molecule has 1 amide bonds. The van der Waals surface area contributed by atoms with E-state index in [1.807, 2.05) is 38.1 Å². The minimum Gasteiger partial charge on any atom is -0.375 e. The maximum atomic E-state index is 12.0. The molecular weight excluding hydrogens is 360 g/mol. The van der Waals surface area contributed by atoms with Gasteiger partial charge in [0.05, 0.1) is 5.71 Å². The number of carbonyl (C=O) groups excluding carboxylic acids is 1. The van der Waals surface area contributed by atoms with Crippen LogP contribution < -0.4 is 9.14 Å². The van der Waals surface area contributed by atoms with Crippen LogP contribution in [0.5, 0.6) is 5.75 Å². The van der Waals surface area contributed by atoms with Gasteiger partial charge in [0.15, 0.2) is 5.75 Å². The van der Waals surface area contributed by atoms with Crippen LogP contribution in [-0.4, -0.2) is 25.3 Å². The second-order valence-electron chi connectivity index (χ2n) is 5.34. The molecule has 0 spiro atoms. The zero-order valence-electron chi connectivity index (χ0n) is 14.2. The fourth-order valence-electron chi connectivity index (χ4n) is 2.10. The molecule has 5 nitrogen and oxygen atoms in total. The van der Waals surface area contributed by atoms with Crippen LogP contribution in [0.2, 0.25) is 5.02 Å². The number of carbonyl (C=O) groups is 1. The van der Waals surface area contributed by atoms with Crippen LogP contribution in [0.1, 0.15) is 18.1 Å². The summed E-state index contributed by atoms with van der Waals surface area (Å²) >= 11 is 10.1. The van der Waals surface area contributed by atoms with Crippen molar-refractivity contribution in [3.63, 3.8) is 0 Å². The van der Waals surface area contributed by atoms with Gasteiger partial charge in [-0.3, -0.25) is 9.10 Å². The van der Waals surface area contributed by atoms with Gasteiger partial charge in [-0.2, -0.15) is 0 Å². The number of halogens is 1. The fraction of sp³-hybridized carbons (Fsp3) is 0.222. The summed E-state index contributed by atoms with van der Waals surface area (Å²) < 4.78 is 6.06. The molecule has 2 aromatic carbocycles. The standard InChI is InChI=1S/C18H19ClN2O3S/c1-12-5-4-6-16(21(25)17(22)11-23-3)18(12)24-20-13(2)14-7-9-15(19)10-8-14/h4-10,25H,11H2,1-3H3/b20-13+. The van der Waals surface area contributed by atoms with Crippen LogP contribution in [0.25, 0.3) is 0 Å². The van der Waals surface area contributed by atoms with E-state index < -0.39 is 0 Å². The molecule has 0 N–H and O–H groups in total. The quantitative estimate of drug-likeness (QED) is 0.464. The smallest absolute Gasteiger partial charge is 0.262 e. The number of nitrogens with zero attached hydrogens (tertiary/aromatic N) is 2. The van der Waals surface area contributed by atoms with E-state index >= 15 is 0 Å². The average molecular weight is 379 g/mol. The van der Waals surface area contributed by atoms with Gasteiger partial charge in [0, 0.05) is 12.1 Å². The molecule has 0 aliphatic rings. The van der Waals surface area contributed by atoms with Crippen LogP contribution in [0.3, 0.4) is 0 Å². The fourth-order valence-corrected chi connectivity index (χ4v) is 2.44. The van der Waals surface area contributed by atoms with Gasteiger partial charge in [0.25, 0.3) is 5.91 Å². The van der Waals surface area contributed by atoms with Crippen molar-refractivity contribution in [3.8, 4) is 5.75 Å². The van der Waals surface area contributed by atoms with Crippen molar-refractivity contribution in [1.29, 1.82) is 0 Å². The minimum absolute atomic E-state index is 0.0794. The third kappa shape index (κ3) is 4.98. The Balaban J connectivity index is 2.28. The Morgan fingerprint density at radius 3 is 2.56 bits per heavy atom. The van der Waals surface area contributed by atoms with Crippen LogP contribution in [-0.2, 0) is 9.53 Å². The van der Waals surface area contributed by atoms with E-state index in [1.165, 1.54) is 11.4 Å². The second-order valence-corrected chi connectivity index (χ2v) is 6.17. The van der Waals surface area contributed by atoms with Gasteiger partial charge in [-0.1, -0.05) is 53.8 Å². The first kappa shape index (κ1) is 19.3. The molecule has 0 heterocycles. The van der Waals surface area contributed by atoms with Crippen molar-refractivity contribution < 1.29 is 14.4 Å². The lowest BCUT2D eigenvalue weighted by molar-refractivity contribution is -0.120. The molecule has 2 aromatic rings. The summed E-state index contributed by atoms with van der Waals surface area (Å²) in [4.78, 5) is 17.7. The summed E-state index contributed by atoms with van der Waals surface area (Å²) in [6.45, 7) is 3.62. The molecule has 0 unspecified atom stereocenters. The maximum Gasteiger partial charge on any atom is 0.262 e. The van der Waals surface area contributed by atoms with Crippen LogP contribution in [0.4, 0.5) is 5.69 Å². The molecule has 0 atom stereocenters. The normalized spacial score (nSPS) is 11.3. The number of anilines is 1. The minimum atomic E-state index is -0.306. The van der Waals surface area contributed by atoms with Gasteiger partial charge in [0.2, 0.25) is 0 Å². The lowest BCUT2D eigenvalue weighted by atomic mass is 10.1. The second kappa shape index (κ2) is 8.89.